The summed E-state index contributed by atoms with van der Waals surface area (Å²) in [5, 5.41) is 0. The zero-order chi connectivity index (χ0) is 18.3. The summed E-state index contributed by atoms with van der Waals surface area (Å²) in [4.78, 5) is 33.7. The fourth-order valence-electron chi connectivity index (χ4n) is 1.52. The third-order valence-corrected chi connectivity index (χ3v) is 5.19. The zero-order valence-corrected chi connectivity index (χ0v) is 15.9. The van der Waals surface area contributed by atoms with E-state index in [2.05, 4.69) is 9.05 Å². The topological polar surface area (TPSA) is 134 Å². The van der Waals surface area contributed by atoms with Gasteiger partial charge in [-0.1, -0.05) is 40.9 Å². The number of halogens is 4. The Morgan fingerprint density at radius 3 is 1.52 bits per heavy atom. The van der Waals surface area contributed by atoms with Crippen LogP contribution in [0.3, 0.4) is 0 Å². The van der Waals surface area contributed by atoms with Crippen molar-refractivity contribution in [1.82, 2.24) is 0 Å². The highest BCUT2D eigenvalue weighted by Crippen LogP contribution is 2.57. The molecule has 0 spiro atoms. The second-order valence-corrected chi connectivity index (χ2v) is 9.66. The number of rotatable bonds is 5. The van der Waals surface area contributed by atoms with E-state index in [0.717, 1.165) is 25.1 Å². The van der Waals surface area contributed by atoms with Crippen LogP contribution in [-0.4, -0.2) is 23.4 Å². The molecular weight excluding hydrogens is 440 g/mol. The third-order valence-electron chi connectivity index (χ3n) is 2.42. The lowest BCUT2D eigenvalue weighted by Gasteiger charge is -2.32. The van der Waals surface area contributed by atoms with Crippen molar-refractivity contribution in [3.63, 3.8) is 0 Å². The molecule has 1 atom stereocenters. The zero-order valence-electron chi connectivity index (χ0n) is 11.1. The first-order chi connectivity index (χ1) is 10.0. The van der Waals surface area contributed by atoms with Crippen LogP contribution in [-0.2, 0) is 14.0 Å². The first-order valence-electron chi connectivity index (χ1n) is 5.44. The van der Waals surface area contributed by atoms with Gasteiger partial charge in [0, 0.05) is 0 Å². The molecule has 0 aliphatic rings. The molecule has 0 heterocycles. The minimum absolute atomic E-state index is 0.465. The van der Waals surface area contributed by atoms with E-state index in [0.29, 0.717) is 0 Å². The second-order valence-electron chi connectivity index (χ2n) is 4.29. The van der Waals surface area contributed by atoms with Crippen molar-refractivity contribution in [2.45, 2.75) is 15.6 Å². The Morgan fingerprint density at radius 2 is 1.26 bits per heavy atom. The van der Waals surface area contributed by atoms with Crippen molar-refractivity contribution in [3.8, 4) is 11.5 Å². The largest absolute Gasteiger partial charge is 0.524 e. The quantitative estimate of drug-likeness (QED) is 0.396. The predicted molar refractivity (Wildman–Crippen MR) is 85.3 cm³/mol. The highest BCUT2D eigenvalue weighted by molar-refractivity contribution is 7.47. The SMILES string of the molecule is CC(Cl)(c1c(OP(=O)(O)O)cccc1OP(=O)(O)O)C(Cl)(Cl)Cl. The Morgan fingerprint density at radius 1 is 0.913 bits per heavy atom. The van der Waals surface area contributed by atoms with Crippen LogP contribution in [0.1, 0.15) is 12.5 Å². The summed E-state index contributed by atoms with van der Waals surface area (Å²) >= 11 is 23.4. The van der Waals surface area contributed by atoms with Crippen LogP contribution in [0.4, 0.5) is 0 Å². The molecule has 0 aliphatic heterocycles. The second kappa shape index (κ2) is 6.89. The average Bonchev–Trinajstić information content (AvgIpc) is 2.22. The summed E-state index contributed by atoms with van der Waals surface area (Å²) < 4.78 is 28.8. The molecule has 0 saturated heterocycles. The number of phosphoric acid groups is 2. The average molecular weight is 450 g/mol. The molecule has 14 heteroatoms. The summed E-state index contributed by atoms with van der Waals surface area (Å²) in [7, 11) is -10.1. The summed E-state index contributed by atoms with van der Waals surface area (Å²) in [5.41, 5.74) is -0.465. The molecule has 1 aromatic rings. The first kappa shape index (κ1) is 21.3. The van der Waals surface area contributed by atoms with E-state index in [1.165, 1.54) is 0 Å². The Labute approximate surface area is 150 Å². The van der Waals surface area contributed by atoms with Crippen LogP contribution in [0.2, 0.25) is 0 Å². The molecule has 1 rings (SSSR count). The summed E-state index contributed by atoms with van der Waals surface area (Å²) in [6.45, 7) is 1.13. The van der Waals surface area contributed by atoms with Crippen LogP contribution >= 0.6 is 62.0 Å². The highest BCUT2D eigenvalue weighted by atomic mass is 35.6. The van der Waals surface area contributed by atoms with E-state index >= 15 is 0 Å². The van der Waals surface area contributed by atoms with E-state index in [9.17, 15) is 9.13 Å². The molecule has 0 radical (unpaired) electrons. The molecule has 0 aliphatic carbocycles. The fraction of sp³-hybridized carbons (Fsp3) is 0.333. The first-order valence-corrected chi connectivity index (χ1v) is 10.0. The Hall–Kier alpha value is 0.280. The molecule has 0 aromatic heterocycles. The van der Waals surface area contributed by atoms with Gasteiger partial charge in [0.05, 0.1) is 5.56 Å². The van der Waals surface area contributed by atoms with Gasteiger partial charge in [0.2, 0.25) is 3.79 Å². The third kappa shape index (κ3) is 5.94. The maximum absolute atomic E-state index is 11.1. The molecule has 0 fully saturated rings. The van der Waals surface area contributed by atoms with Gasteiger partial charge in [-0.05, 0) is 19.1 Å². The van der Waals surface area contributed by atoms with Crippen LogP contribution in [0.15, 0.2) is 18.2 Å². The smallest absolute Gasteiger partial charge is 0.404 e. The maximum Gasteiger partial charge on any atom is 0.524 e. The Balaban J connectivity index is 3.65. The van der Waals surface area contributed by atoms with E-state index < -0.39 is 41.4 Å². The normalized spacial score (nSPS) is 15.9. The van der Waals surface area contributed by atoms with Crippen LogP contribution in [0.25, 0.3) is 0 Å². The van der Waals surface area contributed by atoms with Crippen molar-refractivity contribution in [1.29, 1.82) is 0 Å². The summed E-state index contributed by atoms with van der Waals surface area (Å²) in [5.74, 6) is -1.15. The van der Waals surface area contributed by atoms with Gasteiger partial charge in [0.1, 0.15) is 16.4 Å². The van der Waals surface area contributed by atoms with Crippen molar-refractivity contribution < 1.29 is 37.8 Å². The van der Waals surface area contributed by atoms with Gasteiger partial charge in [-0.15, -0.1) is 11.6 Å². The molecule has 132 valence electrons. The maximum atomic E-state index is 11.1. The van der Waals surface area contributed by atoms with Gasteiger partial charge in [-0.25, -0.2) is 9.13 Å². The number of hydrogen-bond acceptors (Lipinski definition) is 4. The van der Waals surface area contributed by atoms with E-state index in [1.807, 2.05) is 0 Å². The Bertz CT molecular complexity index is 634. The van der Waals surface area contributed by atoms with Gasteiger partial charge in [-0.3, -0.25) is 19.6 Å². The van der Waals surface area contributed by atoms with Crippen molar-refractivity contribution >= 4 is 62.0 Å². The van der Waals surface area contributed by atoms with Crippen LogP contribution in [0.5, 0.6) is 11.5 Å². The lowest BCUT2D eigenvalue weighted by molar-refractivity contribution is 0.277. The standard InChI is InChI=1S/C9H10Cl4O8P2/c1-8(10,9(11,12)13)7-5(20-22(14,15)16)3-2-4-6(7)21-23(17,18)19/h2-4H,1H3,(H2,14,15,16)(H2,17,18,19). The number of alkyl halides is 4. The van der Waals surface area contributed by atoms with Gasteiger partial charge in [0.15, 0.2) is 0 Å². The lowest BCUT2D eigenvalue weighted by atomic mass is 9.99. The molecule has 0 bridgehead atoms. The molecular formula is C9H10Cl4O8P2. The van der Waals surface area contributed by atoms with Crippen molar-refractivity contribution in [2.24, 2.45) is 0 Å². The monoisotopic (exact) mass is 448 g/mol. The van der Waals surface area contributed by atoms with Gasteiger partial charge in [0.25, 0.3) is 0 Å². The number of benzene rings is 1. The number of phosphoric ester groups is 2. The summed E-state index contributed by atoms with van der Waals surface area (Å²) in [6, 6.07) is 3.25. The molecule has 23 heavy (non-hydrogen) atoms. The van der Waals surface area contributed by atoms with Crippen molar-refractivity contribution in [3.05, 3.63) is 23.8 Å². The minimum atomic E-state index is -5.04. The molecule has 0 saturated carbocycles. The Kier molecular flexibility index (Phi) is 6.38. The highest BCUT2D eigenvalue weighted by Gasteiger charge is 2.49. The lowest BCUT2D eigenvalue weighted by Crippen LogP contribution is -2.32. The van der Waals surface area contributed by atoms with E-state index in [-0.39, 0.29) is 0 Å². The molecule has 1 aromatic carbocycles. The van der Waals surface area contributed by atoms with Gasteiger partial charge in [-0.2, -0.15) is 0 Å². The van der Waals surface area contributed by atoms with Crippen molar-refractivity contribution in [2.75, 3.05) is 0 Å². The number of hydrogen-bond donors (Lipinski definition) is 4. The molecule has 0 amide bonds. The van der Waals surface area contributed by atoms with E-state index in [1.54, 1.807) is 0 Å². The van der Waals surface area contributed by atoms with E-state index in [4.69, 9.17) is 66.0 Å². The van der Waals surface area contributed by atoms with Crippen LogP contribution < -0.4 is 9.05 Å². The van der Waals surface area contributed by atoms with Crippen LogP contribution in [0, 0.1) is 0 Å². The molecule has 8 nitrogen and oxygen atoms in total. The molecule has 1 unspecified atom stereocenters. The fourth-order valence-corrected chi connectivity index (χ4v) is 2.81. The molecule has 4 N–H and O–H groups in total. The van der Waals surface area contributed by atoms with Gasteiger partial charge < -0.3 is 9.05 Å². The van der Waals surface area contributed by atoms with Gasteiger partial charge >= 0.3 is 15.6 Å². The summed E-state index contributed by atoms with van der Waals surface area (Å²) in [6.07, 6.45) is 0. The minimum Gasteiger partial charge on any atom is -0.404 e. The predicted octanol–water partition coefficient (Wildman–Crippen LogP) is 3.45.